The second-order valence-electron chi connectivity index (χ2n) is 5.81. The molecule has 1 aliphatic carbocycles. The molecule has 1 aromatic carbocycles. The van der Waals surface area contributed by atoms with E-state index in [2.05, 4.69) is 41.1 Å². The van der Waals surface area contributed by atoms with Crippen molar-refractivity contribution in [1.82, 2.24) is 0 Å². The number of hydrogen-bond donors (Lipinski definition) is 0. The van der Waals surface area contributed by atoms with Crippen LogP contribution >= 0.6 is 15.9 Å². The third-order valence-electron chi connectivity index (χ3n) is 4.43. The van der Waals surface area contributed by atoms with Gasteiger partial charge >= 0.3 is 0 Å². The van der Waals surface area contributed by atoms with Crippen molar-refractivity contribution in [3.05, 3.63) is 29.3 Å². The summed E-state index contributed by atoms with van der Waals surface area (Å²) in [6, 6.07) is 6.35. The summed E-state index contributed by atoms with van der Waals surface area (Å²) in [5, 5.41) is 0.846. The van der Waals surface area contributed by atoms with E-state index in [0.29, 0.717) is 6.10 Å². The molecular formula is C16H21BrO2. The van der Waals surface area contributed by atoms with Crippen LogP contribution < -0.4 is 4.74 Å². The Morgan fingerprint density at radius 3 is 2.95 bits per heavy atom. The van der Waals surface area contributed by atoms with Gasteiger partial charge in [-0.05, 0) is 31.7 Å². The number of hydrogen-bond acceptors (Lipinski definition) is 2. The molecule has 3 rings (SSSR count). The van der Waals surface area contributed by atoms with Crippen LogP contribution in [0.15, 0.2) is 18.2 Å². The van der Waals surface area contributed by atoms with Crippen molar-refractivity contribution in [2.24, 2.45) is 0 Å². The Balaban J connectivity index is 1.74. The number of ether oxygens (including phenoxy) is 2. The van der Waals surface area contributed by atoms with E-state index in [0.717, 1.165) is 30.5 Å². The fourth-order valence-electron chi connectivity index (χ4n) is 3.16. The van der Waals surface area contributed by atoms with Gasteiger partial charge < -0.3 is 9.47 Å². The Hall–Kier alpha value is -0.540. The Kier molecular flexibility index (Phi) is 3.86. The zero-order valence-electron chi connectivity index (χ0n) is 11.5. The zero-order chi connectivity index (χ0) is 13.3. The van der Waals surface area contributed by atoms with Gasteiger partial charge in [0.25, 0.3) is 0 Å². The average molecular weight is 325 g/mol. The molecule has 1 aromatic rings. The van der Waals surface area contributed by atoms with Crippen molar-refractivity contribution < 1.29 is 9.47 Å². The van der Waals surface area contributed by atoms with Crippen LogP contribution in [0.25, 0.3) is 0 Å². The molecular weight excluding hydrogens is 304 g/mol. The van der Waals surface area contributed by atoms with Crippen molar-refractivity contribution >= 4 is 15.9 Å². The maximum Gasteiger partial charge on any atom is 0.126 e. The van der Waals surface area contributed by atoms with Gasteiger partial charge in [0, 0.05) is 23.7 Å². The molecule has 0 aromatic heterocycles. The summed E-state index contributed by atoms with van der Waals surface area (Å²) in [6.45, 7) is 2.97. The number of halogens is 1. The standard InChI is InChI=1S/C16H21BrO2/c1-12-4-2-5-13(11-17)15(12)19-14-6-9-18-16(10-14)7-3-8-16/h2,4-5,14H,3,6-11H2,1H3. The van der Waals surface area contributed by atoms with Gasteiger partial charge in [-0.15, -0.1) is 0 Å². The molecule has 0 bridgehead atoms. The average Bonchev–Trinajstić information content (AvgIpc) is 2.40. The minimum absolute atomic E-state index is 0.153. The normalized spacial score (nSPS) is 25.1. The summed E-state index contributed by atoms with van der Waals surface area (Å²) in [6.07, 6.45) is 6.12. The molecule has 1 aliphatic heterocycles. The van der Waals surface area contributed by atoms with Gasteiger partial charge in [-0.2, -0.15) is 0 Å². The highest BCUT2D eigenvalue weighted by atomic mass is 79.9. The molecule has 2 nitrogen and oxygen atoms in total. The third kappa shape index (κ3) is 2.68. The lowest BCUT2D eigenvalue weighted by atomic mass is 9.74. The Morgan fingerprint density at radius 1 is 1.42 bits per heavy atom. The van der Waals surface area contributed by atoms with Crippen LogP contribution in [0.1, 0.15) is 43.2 Å². The summed E-state index contributed by atoms with van der Waals surface area (Å²) < 4.78 is 12.3. The molecule has 1 atom stereocenters. The lowest BCUT2D eigenvalue weighted by molar-refractivity contribution is -0.153. The van der Waals surface area contributed by atoms with Crippen LogP contribution in [0, 0.1) is 6.92 Å². The van der Waals surface area contributed by atoms with Crippen LogP contribution in [-0.2, 0) is 10.1 Å². The van der Waals surface area contributed by atoms with E-state index in [1.54, 1.807) is 0 Å². The topological polar surface area (TPSA) is 18.5 Å². The third-order valence-corrected chi connectivity index (χ3v) is 5.04. The van der Waals surface area contributed by atoms with Gasteiger partial charge in [-0.25, -0.2) is 0 Å². The molecule has 0 radical (unpaired) electrons. The molecule has 1 unspecified atom stereocenters. The first kappa shape index (κ1) is 13.4. The Morgan fingerprint density at radius 2 is 2.26 bits per heavy atom. The van der Waals surface area contributed by atoms with Gasteiger partial charge in [0.15, 0.2) is 0 Å². The van der Waals surface area contributed by atoms with Crippen LogP contribution in [0.4, 0.5) is 0 Å². The molecule has 3 heteroatoms. The smallest absolute Gasteiger partial charge is 0.126 e. The van der Waals surface area contributed by atoms with Gasteiger partial charge in [-0.3, -0.25) is 0 Å². The first-order valence-electron chi connectivity index (χ1n) is 7.17. The van der Waals surface area contributed by atoms with Crippen LogP contribution in [-0.4, -0.2) is 18.3 Å². The van der Waals surface area contributed by atoms with Crippen LogP contribution in [0.5, 0.6) is 5.75 Å². The Labute approximate surface area is 123 Å². The molecule has 104 valence electrons. The maximum absolute atomic E-state index is 6.33. The molecule has 2 aliphatic rings. The monoisotopic (exact) mass is 324 g/mol. The SMILES string of the molecule is Cc1cccc(CBr)c1OC1CCOC2(CCC2)C1. The highest BCUT2D eigenvalue weighted by molar-refractivity contribution is 9.08. The van der Waals surface area contributed by atoms with E-state index >= 15 is 0 Å². The second-order valence-corrected chi connectivity index (χ2v) is 6.38. The number of rotatable bonds is 3. The van der Waals surface area contributed by atoms with Crippen LogP contribution in [0.3, 0.4) is 0 Å². The lowest BCUT2D eigenvalue weighted by Gasteiger charge is -2.47. The van der Waals surface area contributed by atoms with E-state index in [4.69, 9.17) is 9.47 Å². The minimum Gasteiger partial charge on any atom is -0.490 e. The maximum atomic E-state index is 6.33. The fraction of sp³-hybridized carbons (Fsp3) is 0.625. The molecule has 0 N–H and O–H groups in total. The summed E-state index contributed by atoms with van der Waals surface area (Å²) in [7, 11) is 0. The van der Waals surface area contributed by atoms with Crippen molar-refractivity contribution in [3.63, 3.8) is 0 Å². The quantitative estimate of drug-likeness (QED) is 0.768. The highest BCUT2D eigenvalue weighted by Gasteiger charge is 2.43. The summed E-state index contributed by atoms with van der Waals surface area (Å²) in [5.74, 6) is 1.07. The van der Waals surface area contributed by atoms with Crippen molar-refractivity contribution in [3.8, 4) is 5.75 Å². The predicted molar refractivity (Wildman–Crippen MR) is 80.0 cm³/mol. The van der Waals surface area contributed by atoms with E-state index in [1.165, 1.54) is 30.4 Å². The summed E-state index contributed by atoms with van der Waals surface area (Å²) in [5.41, 5.74) is 2.63. The molecule has 1 spiro atoms. The van der Waals surface area contributed by atoms with Gasteiger partial charge in [0.1, 0.15) is 11.9 Å². The van der Waals surface area contributed by atoms with E-state index in [-0.39, 0.29) is 5.60 Å². The van der Waals surface area contributed by atoms with E-state index in [9.17, 15) is 0 Å². The van der Waals surface area contributed by atoms with Crippen LogP contribution in [0.2, 0.25) is 0 Å². The number of alkyl halides is 1. The molecule has 2 fully saturated rings. The van der Waals surface area contributed by atoms with Crippen molar-refractivity contribution in [2.45, 2.75) is 56.1 Å². The van der Waals surface area contributed by atoms with Gasteiger partial charge in [0.2, 0.25) is 0 Å². The number of aryl methyl sites for hydroxylation is 1. The van der Waals surface area contributed by atoms with E-state index in [1.807, 2.05) is 0 Å². The predicted octanol–water partition coefficient (Wildman–Crippen LogP) is 4.37. The van der Waals surface area contributed by atoms with Crippen molar-refractivity contribution in [2.75, 3.05) is 6.61 Å². The van der Waals surface area contributed by atoms with Gasteiger partial charge in [0.05, 0.1) is 12.2 Å². The summed E-state index contributed by atoms with van der Waals surface area (Å²) in [4.78, 5) is 0. The minimum atomic E-state index is 0.153. The molecule has 0 amide bonds. The molecule has 1 saturated carbocycles. The zero-order valence-corrected chi connectivity index (χ0v) is 13.0. The van der Waals surface area contributed by atoms with E-state index < -0.39 is 0 Å². The molecule has 19 heavy (non-hydrogen) atoms. The largest absolute Gasteiger partial charge is 0.490 e. The second kappa shape index (κ2) is 5.45. The highest BCUT2D eigenvalue weighted by Crippen LogP contribution is 2.43. The summed E-state index contributed by atoms with van der Waals surface area (Å²) >= 11 is 3.55. The van der Waals surface area contributed by atoms with Crippen molar-refractivity contribution in [1.29, 1.82) is 0 Å². The number of benzene rings is 1. The van der Waals surface area contributed by atoms with Gasteiger partial charge in [-0.1, -0.05) is 34.1 Å². The first-order valence-corrected chi connectivity index (χ1v) is 8.30. The Bertz CT molecular complexity index is 454. The molecule has 1 heterocycles. The lowest BCUT2D eigenvalue weighted by Crippen LogP contribution is -2.48. The first-order chi connectivity index (χ1) is 9.22. The molecule has 1 saturated heterocycles. The fourth-order valence-corrected chi connectivity index (χ4v) is 3.60. The number of para-hydroxylation sites is 1.